The van der Waals surface area contributed by atoms with Crippen LogP contribution in [0.1, 0.15) is 5.56 Å². The van der Waals surface area contributed by atoms with Crippen molar-refractivity contribution in [3.63, 3.8) is 0 Å². The summed E-state index contributed by atoms with van der Waals surface area (Å²) in [6.45, 7) is 2.00. The number of aryl methyl sites for hydroxylation is 1. The van der Waals surface area contributed by atoms with Crippen molar-refractivity contribution >= 4 is 22.4 Å². The molecule has 0 spiro atoms. The van der Waals surface area contributed by atoms with Crippen molar-refractivity contribution in [2.75, 3.05) is 0 Å². The number of hydrogen-bond acceptors (Lipinski definition) is 5. The smallest absolute Gasteiger partial charge is 0.279 e. The van der Waals surface area contributed by atoms with Gasteiger partial charge < -0.3 is 4.52 Å². The summed E-state index contributed by atoms with van der Waals surface area (Å²) in [5.74, 6) is 0.693. The maximum Gasteiger partial charge on any atom is 0.279 e. The third-order valence-corrected chi connectivity index (χ3v) is 5.00. The van der Waals surface area contributed by atoms with Gasteiger partial charge in [-0.25, -0.2) is 0 Å². The third kappa shape index (κ3) is 3.17. The van der Waals surface area contributed by atoms with Crippen molar-refractivity contribution in [1.29, 1.82) is 0 Å². The zero-order valence-corrected chi connectivity index (χ0v) is 16.7. The van der Waals surface area contributed by atoms with Crippen molar-refractivity contribution in [1.82, 2.24) is 19.9 Å². The summed E-state index contributed by atoms with van der Waals surface area (Å²) >= 11 is 6.12. The van der Waals surface area contributed by atoms with Gasteiger partial charge in [-0.3, -0.25) is 4.79 Å². The highest BCUT2D eigenvalue weighted by Gasteiger charge is 2.19. The van der Waals surface area contributed by atoms with Crippen molar-refractivity contribution < 1.29 is 4.52 Å². The molecule has 0 saturated heterocycles. The first-order valence-corrected chi connectivity index (χ1v) is 9.67. The van der Waals surface area contributed by atoms with Gasteiger partial charge >= 0.3 is 0 Å². The molecular weight excluding hydrogens is 400 g/mol. The van der Waals surface area contributed by atoms with Gasteiger partial charge in [0.2, 0.25) is 5.82 Å². The van der Waals surface area contributed by atoms with E-state index in [2.05, 4.69) is 15.2 Å². The summed E-state index contributed by atoms with van der Waals surface area (Å²) in [4.78, 5) is 17.6. The summed E-state index contributed by atoms with van der Waals surface area (Å²) < 4.78 is 6.85. The predicted octanol–water partition coefficient (Wildman–Crippen LogP) is 5.06. The summed E-state index contributed by atoms with van der Waals surface area (Å²) in [6.07, 6.45) is 0. The highest BCUT2D eigenvalue weighted by atomic mass is 35.5. The van der Waals surface area contributed by atoms with Gasteiger partial charge in [-0.15, -0.1) is 0 Å². The van der Waals surface area contributed by atoms with E-state index in [0.29, 0.717) is 33.0 Å². The van der Waals surface area contributed by atoms with E-state index in [-0.39, 0.29) is 11.4 Å². The molecule has 0 aliphatic heterocycles. The molecule has 6 nitrogen and oxygen atoms in total. The minimum atomic E-state index is -0.255. The topological polar surface area (TPSA) is 73.8 Å². The molecule has 0 bridgehead atoms. The maximum absolute atomic E-state index is 13.1. The van der Waals surface area contributed by atoms with Gasteiger partial charge in [0.1, 0.15) is 0 Å². The molecule has 0 aliphatic carbocycles. The molecule has 30 heavy (non-hydrogen) atoms. The van der Waals surface area contributed by atoms with Crippen LogP contribution < -0.4 is 5.56 Å². The second kappa shape index (κ2) is 7.24. The number of halogens is 1. The molecule has 5 rings (SSSR count). The molecule has 0 saturated carbocycles. The minimum Gasteiger partial charge on any atom is -0.332 e. The van der Waals surface area contributed by atoms with Gasteiger partial charge in [0.15, 0.2) is 5.69 Å². The van der Waals surface area contributed by atoms with Gasteiger partial charge in [-0.1, -0.05) is 64.8 Å². The second-order valence-corrected chi connectivity index (χ2v) is 7.32. The Balaban J connectivity index is 1.74. The number of benzene rings is 3. The minimum absolute atomic E-state index is 0.235. The molecule has 0 unspecified atom stereocenters. The molecule has 2 aromatic heterocycles. The van der Waals surface area contributed by atoms with E-state index >= 15 is 0 Å². The van der Waals surface area contributed by atoms with Crippen molar-refractivity contribution in [3.05, 3.63) is 93.7 Å². The molecule has 0 atom stereocenters. The van der Waals surface area contributed by atoms with Crippen molar-refractivity contribution in [3.8, 4) is 28.7 Å². The molecule has 146 valence electrons. The molecule has 0 radical (unpaired) electrons. The number of fused-ring (bicyclic) bond motifs is 1. The van der Waals surface area contributed by atoms with Crippen LogP contribution in [0, 0.1) is 6.92 Å². The Morgan fingerprint density at radius 1 is 0.933 bits per heavy atom. The normalized spacial score (nSPS) is 11.1. The molecule has 7 heteroatoms. The Kier molecular flexibility index (Phi) is 4.41. The Labute approximate surface area is 176 Å². The molecule has 0 amide bonds. The highest BCUT2D eigenvalue weighted by molar-refractivity contribution is 6.30. The van der Waals surface area contributed by atoms with Crippen LogP contribution in [0.3, 0.4) is 0 Å². The molecule has 2 heterocycles. The molecule has 0 aliphatic rings. The fraction of sp³-hybridized carbons (Fsp3) is 0.0435. The fourth-order valence-corrected chi connectivity index (χ4v) is 3.54. The molecule has 0 fully saturated rings. The Morgan fingerprint density at radius 2 is 1.73 bits per heavy atom. The number of rotatable bonds is 3. The second-order valence-electron chi connectivity index (χ2n) is 6.88. The number of nitrogens with zero attached hydrogens (tertiary/aromatic N) is 4. The van der Waals surface area contributed by atoms with E-state index < -0.39 is 0 Å². The number of aromatic nitrogens is 4. The molecule has 0 N–H and O–H groups in total. The first kappa shape index (κ1) is 18.3. The predicted molar refractivity (Wildman–Crippen MR) is 116 cm³/mol. The zero-order valence-electron chi connectivity index (χ0n) is 15.9. The van der Waals surface area contributed by atoms with Crippen molar-refractivity contribution in [2.24, 2.45) is 0 Å². The van der Waals surface area contributed by atoms with Crippen LogP contribution in [0.5, 0.6) is 0 Å². The standard InChI is InChI=1S/C23H15ClN4O2/c1-14-6-4-7-15(12-14)21-25-22(30-27-21)20-18-10-2-3-11-19(18)23(29)28(26-20)17-9-5-8-16(24)13-17/h2-13H,1H3. The van der Waals surface area contributed by atoms with Crippen LogP contribution in [-0.4, -0.2) is 19.9 Å². The maximum atomic E-state index is 13.1. The first-order chi connectivity index (χ1) is 14.6. The van der Waals surface area contributed by atoms with Gasteiger partial charge in [-0.05, 0) is 37.3 Å². The van der Waals surface area contributed by atoms with E-state index in [4.69, 9.17) is 16.1 Å². The SMILES string of the molecule is Cc1cccc(-c2noc(-c3nn(-c4cccc(Cl)c4)c(=O)c4ccccc34)n2)c1. The van der Waals surface area contributed by atoms with Crippen LogP contribution in [-0.2, 0) is 0 Å². The fourth-order valence-electron chi connectivity index (χ4n) is 3.35. The van der Waals surface area contributed by atoms with Gasteiger partial charge in [0.25, 0.3) is 11.4 Å². The van der Waals surface area contributed by atoms with Crippen LogP contribution >= 0.6 is 11.6 Å². The summed E-state index contributed by atoms with van der Waals surface area (Å²) in [7, 11) is 0. The van der Waals surface area contributed by atoms with E-state index in [1.54, 1.807) is 30.3 Å². The van der Waals surface area contributed by atoms with Gasteiger partial charge in [0.05, 0.1) is 11.1 Å². The first-order valence-electron chi connectivity index (χ1n) is 9.29. The zero-order chi connectivity index (χ0) is 20.7. The van der Waals surface area contributed by atoms with Crippen LogP contribution in [0.15, 0.2) is 82.1 Å². The quantitative estimate of drug-likeness (QED) is 0.412. The highest BCUT2D eigenvalue weighted by Crippen LogP contribution is 2.27. The van der Waals surface area contributed by atoms with E-state index in [1.807, 2.05) is 49.4 Å². The van der Waals surface area contributed by atoms with Crippen LogP contribution in [0.4, 0.5) is 0 Å². The molecule has 5 aromatic rings. The lowest BCUT2D eigenvalue weighted by Gasteiger charge is -2.09. The Hall–Kier alpha value is -3.77. The Morgan fingerprint density at radius 3 is 2.53 bits per heavy atom. The van der Waals surface area contributed by atoms with E-state index in [0.717, 1.165) is 11.1 Å². The molecule has 3 aromatic carbocycles. The average molecular weight is 415 g/mol. The largest absolute Gasteiger partial charge is 0.332 e. The van der Waals surface area contributed by atoms with Gasteiger partial charge in [0, 0.05) is 16.0 Å². The summed E-state index contributed by atoms with van der Waals surface area (Å²) in [6, 6.07) is 22.0. The van der Waals surface area contributed by atoms with Crippen molar-refractivity contribution in [2.45, 2.75) is 6.92 Å². The average Bonchev–Trinajstić information content (AvgIpc) is 3.24. The van der Waals surface area contributed by atoms with Crippen LogP contribution in [0.2, 0.25) is 5.02 Å². The third-order valence-electron chi connectivity index (χ3n) is 4.76. The Bertz CT molecular complexity index is 1460. The monoisotopic (exact) mass is 414 g/mol. The number of hydrogen-bond donors (Lipinski definition) is 0. The lowest BCUT2D eigenvalue weighted by Crippen LogP contribution is -2.22. The lowest BCUT2D eigenvalue weighted by molar-refractivity contribution is 0.430. The summed E-state index contributed by atoms with van der Waals surface area (Å²) in [5.41, 5.74) is 2.67. The summed E-state index contributed by atoms with van der Waals surface area (Å²) in [5, 5.41) is 10.3. The lowest BCUT2D eigenvalue weighted by atomic mass is 10.1. The van der Waals surface area contributed by atoms with E-state index in [1.165, 1.54) is 4.68 Å². The van der Waals surface area contributed by atoms with Crippen LogP contribution in [0.25, 0.3) is 39.4 Å². The van der Waals surface area contributed by atoms with Gasteiger partial charge in [-0.2, -0.15) is 14.8 Å². The van der Waals surface area contributed by atoms with E-state index in [9.17, 15) is 4.79 Å². The molecular formula is C23H15ClN4O2.